The van der Waals surface area contributed by atoms with Crippen LogP contribution in [0, 0.1) is 41.0 Å². The largest absolute Gasteiger partial charge is 0.222 e. The van der Waals surface area contributed by atoms with E-state index in [2.05, 4.69) is 0 Å². The van der Waals surface area contributed by atoms with Crippen LogP contribution in [0.15, 0.2) is 0 Å². The molecule has 1 radical (unpaired) electrons. The molecule has 0 rings (SSSR count). The van der Waals surface area contributed by atoms with Crippen molar-refractivity contribution >= 4 is 0 Å². The summed E-state index contributed by atoms with van der Waals surface area (Å²) in [5, 5.41) is 0. The second-order valence-corrected chi connectivity index (χ2v) is 4.54. The van der Waals surface area contributed by atoms with E-state index in [0.29, 0.717) is 0 Å². The zero-order chi connectivity index (χ0) is 18.0. The predicted molar refractivity (Wildman–Crippen MR) is 0 cm³/mol. The predicted octanol–water partition coefficient (Wildman–Crippen LogP) is -19.0. The fourth-order valence-corrected chi connectivity index (χ4v) is 0. The zero-order valence-corrected chi connectivity index (χ0v) is 14.2. The molecule has 0 saturated heterocycles. The molecule has 0 fully saturated rings. The van der Waals surface area contributed by atoms with Crippen molar-refractivity contribution in [3.63, 3.8) is 0 Å². The van der Waals surface area contributed by atoms with Crippen LogP contribution in [0.2, 0.25) is 0 Å². The molecule has 16 nitrogen and oxygen atoms in total. The first kappa shape index (κ1) is 33.7. The van der Waals surface area contributed by atoms with Crippen LogP contribution < -0.4 is 74.5 Å². The van der Waals surface area contributed by atoms with Gasteiger partial charge in [0, 0.05) is 20.4 Å². The van der Waals surface area contributed by atoms with E-state index in [-0.39, 0.29) is 20.4 Å². The Hall–Kier alpha value is 1.18. The Labute approximate surface area is 136 Å². The van der Waals surface area contributed by atoms with Crippen molar-refractivity contribution in [2.75, 3.05) is 0 Å². The Balaban J connectivity index is -0.0000000533. The van der Waals surface area contributed by atoms with Gasteiger partial charge >= 0.3 is 0 Å². The van der Waals surface area contributed by atoms with Crippen LogP contribution >= 0.6 is 0 Å². The Morgan fingerprint density at radius 2 is 0.238 bits per heavy atom. The maximum absolute atomic E-state index is 8.49. The average Bonchev–Trinajstić information content (AvgIpc) is 1.62. The number of hydrogen-bond donors (Lipinski definition) is 0. The van der Waals surface area contributed by atoms with Crippen LogP contribution in [0.3, 0.4) is 0 Å². The third kappa shape index (κ3) is 5580. The first-order chi connectivity index (χ1) is 8.00. The van der Waals surface area contributed by atoms with Gasteiger partial charge < -0.3 is 0 Å². The van der Waals surface area contributed by atoms with Crippen LogP contribution in [0.4, 0.5) is 0 Å². The van der Waals surface area contributed by atoms with Gasteiger partial charge in [0.1, 0.15) is 0 Å². The van der Waals surface area contributed by atoms with Crippen LogP contribution in [-0.4, -0.2) is 0 Å². The topological polar surface area (TPSA) is 369 Å². The van der Waals surface area contributed by atoms with Crippen molar-refractivity contribution < 1.29 is 136 Å². The molecule has 0 atom stereocenters. The Morgan fingerprint density at radius 3 is 0.238 bits per heavy atom. The van der Waals surface area contributed by atoms with Crippen molar-refractivity contribution in [3.05, 3.63) is 0 Å². The first-order valence-corrected chi connectivity index (χ1v) is 7.41. The molecule has 0 aromatic heterocycles. The monoisotopic (exact) mass is 583 g/mol. The molecule has 21 heavy (non-hydrogen) atoms. The molecule has 0 amide bonds. The van der Waals surface area contributed by atoms with Crippen molar-refractivity contribution in [2.24, 2.45) is 0 Å². The van der Waals surface area contributed by atoms with Crippen molar-refractivity contribution in [2.45, 2.75) is 0 Å². The summed E-state index contributed by atoms with van der Waals surface area (Å²) in [6.45, 7) is 0. The molecule has 0 aliphatic carbocycles. The molecule has 0 bridgehead atoms. The molecule has 0 aromatic carbocycles. The van der Waals surface area contributed by atoms with E-state index in [1.807, 2.05) is 0 Å². The average molecular weight is 584 g/mol. The van der Waals surface area contributed by atoms with Gasteiger partial charge in [-0.2, -0.15) is 0 Å². The number of hydrogen-bond acceptors (Lipinski definition) is 16. The van der Waals surface area contributed by atoms with Gasteiger partial charge in [-0.1, -0.05) is 0 Å². The van der Waals surface area contributed by atoms with Crippen LogP contribution in [0.25, 0.3) is 0 Å². The first-order valence-electron chi connectivity index (χ1n) is 2.47. The van der Waals surface area contributed by atoms with Gasteiger partial charge in [0.15, 0.2) is 0 Å². The van der Waals surface area contributed by atoms with Gasteiger partial charge in [-0.05, 0) is 0 Å². The molecule has 0 spiro atoms. The number of halogens is 4. The summed E-state index contributed by atoms with van der Waals surface area (Å²) in [7, 11) is -19.8. The molecule has 0 aliphatic rings. The van der Waals surface area contributed by atoms with Crippen LogP contribution in [-0.2, 0) is 20.4 Å². The summed E-state index contributed by atoms with van der Waals surface area (Å²) < 4.78 is 136. The second-order valence-electron chi connectivity index (χ2n) is 1.51. The van der Waals surface area contributed by atoms with E-state index in [9.17, 15) is 0 Å². The summed E-state index contributed by atoms with van der Waals surface area (Å²) in [4.78, 5) is 0. The maximum atomic E-state index is 8.49. The fourth-order valence-electron chi connectivity index (χ4n) is 0. The minimum atomic E-state index is -4.94. The standard InChI is InChI=1S/4ClHO4.Re/c4*2-1(3,4)5;/h4*(H,2,3,4,5);/p-4. The summed E-state index contributed by atoms with van der Waals surface area (Å²) in [6, 6.07) is 0. The molecule has 135 valence electrons. The minimum Gasteiger partial charge on any atom is -0.222 e. The Kier molecular flexibility index (Phi) is 21.8. The van der Waals surface area contributed by atoms with Gasteiger partial charge in [0.2, 0.25) is 0 Å². The van der Waals surface area contributed by atoms with Crippen molar-refractivity contribution in [1.29, 1.82) is 0 Å². The van der Waals surface area contributed by atoms with E-state index in [0.717, 1.165) is 0 Å². The summed E-state index contributed by atoms with van der Waals surface area (Å²) in [6.07, 6.45) is 0. The van der Waals surface area contributed by atoms with E-state index in [1.165, 1.54) is 0 Å². The van der Waals surface area contributed by atoms with Gasteiger partial charge in [-0.25, -0.2) is 74.5 Å². The molecule has 0 aliphatic heterocycles. The second kappa shape index (κ2) is 13.6. The molecule has 0 unspecified atom stereocenters. The third-order valence-corrected chi connectivity index (χ3v) is 0. The van der Waals surface area contributed by atoms with Gasteiger partial charge in [0.25, 0.3) is 0 Å². The van der Waals surface area contributed by atoms with E-state index < -0.39 is 41.0 Å². The van der Waals surface area contributed by atoms with E-state index in [4.69, 9.17) is 74.5 Å². The normalized spacial score (nSPS) is 11.4. The molecule has 0 aromatic rings. The van der Waals surface area contributed by atoms with Crippen LogP contribution in [0.5, 0.6) is 0 Å². The fraction of sp³-hybridized carbons (Fsp3) is 0. The number of rotatable bonds is 0. The summed E-state index contributed by atoms with van der Waals surface area (Å²) in [5.41, 5.74) is 0. The minimum absolute atomic E-state index is 0. The van der Waals surface area contributed by atoms with Gasteiger partial charge in [-0.15, -0.1) is 41.0 Å². The van der Waals surface area contributed by atoms with Gasteiger partial charge in [-0.3, -0.25) is 0 Å². The molecule has 0 N–H and O–H groups in total. The molecule has 0 heterocycles. The SMILES string of the molecule is [O-][Cl+3]([O-])([O-])[O-].[O-][Cl+3]([O-])([O-])[O-].[O-][Cl+3]([O-])([O-])[O-].[O-][Cl+3]([O-])([O-])[O-].[Re]. The van der Waals surface area contributed by atoms with E-state index in [1.54, 1.807) is 0 Å². The molecule has 21 heteroatoms. The van der Waals surface area contributed by atoms with E-state index >= 15 is 0 Å². The van der Waals surface area contributed by atoms with Gasteiger partial charge in [0.05, 0.1) is 0 Å². The molecule has 0 saturated carbocycles. The quantitative estimate of drug-likeness (QED) is 0.255. The van der Waals surface area contributed by atoms with Crippen molar-refractivity contribution in [1.82, 2.24) is 0 Å². The maximum Gasteiger partial charge on any atom is 0 e. The third-order valence-electron chi connectivity index (χ3n) is 0. The van der Waals surface area contributed by atoms with Crippen molar-refractivity contribution in [3.8, 4) is 0 Å². The molecular formula is Cl4O16Re-4. The summed E-state index contributed by atoms with van der Waals surface area (Å²) >= 11 is 0. The smallest absolute Gasteiger partial charge is 0 e. The zero-order valence-electron chi connectivity index (χ0n) is 8.42. The molecular weight excluding hydrogens is 584 g/mol. The Bertz CT molecular complexity index is 130. The Morgan fingerprint density at radius 1 is 0.238 bits per heavy atom. The summed E-state index contributed by atoms with van der Waals surface area (Å²) in [5.74, 6) is 0. The van der Waals surface area contributed by atoms with Crippen LogP contribution in [0.1, 0.15) is 0 Å².